The monoisotopic (exact) mass is 286 g/mol. The molecule has 0 saturated heterocycles. The van der Waals surface area contributed by atoms with Crippen molar-refractivity contribution < 1.29 is 0 Å². The lowest BCUT2D eigenvalue weighted by molar-refractivity contribution is 0.482. The van der Waals surface area contributed by atoms with E-state index in [2.05, 4.69) is 41.1 Å². The van der Waals surface area contributed by atoms with Gasteiger partial charge in [0.15, 0.2) is 0 Å². The number of rotatable bonds is 3. The minimum atomic E-state index is 0.972. The van der Waals surface area contributed by atoms with Crippen molar-refractivity contribution in [2.24, 2.45) is 0 Å². The molecule has 0 N–H and O–H groups in total. The third-order valence-electron chi connectivity index (χ3n) is 1.17. The summed E-state index contributed by atoms with van der Waals surface area (Å²) in [5.74, 6) is 0. The fourth-order valence-electron chi connectivity index (χ4n) is 0.594. The Bertz CT molecular complexity index is 108. The summed E-state index contributed by atoms with van der Waals surface area (Å²) in [6, 6.07) is 0. The van der Waals surface area contributed by atoms with Crippen LogP contribution in [-0.4, -0.2) is 26.7 Å². The van der Waals surface area contributed by atoms with Gasteiger partial charge < -0.3 is 4.90 Å². The van der Waals surface area contributed by atoms with Crippen LogP contribution >= 0.6 is 46.2 Å². The van der Waals surface area contributed by atoms with Crippen molar-refractivity contribution in [2.45, 2.75) is 13.8 Å². The Morgan fingerprint density at radius 2 is 2.10 bits per heavy atom. The summed E-state index contributed by atoms with van der Waals surface area (Å²) in [4.78, 5) is 2.16. The largest absolute Gasteiger partial charge is 0.359 e. The van der Waals surface area contributed by atoms with Crippen LogP contribution in [0, 0.1) is 0 Å². The van der Waals surface area contributed by atoms with Crippen molar-refractivity contribution in [3.05, 3.63) is 0 Å². The van der Waals surface area contributed by atoms with Gasteiger partial charge in [-0.05, 0) is 13.8 Å². The third-order valence-corrected chi connectivity index (χ3v) is 3.03. The minimum Gasteiger partial charge on any atom is -0.359 e. The van der Waals surface area contributed by atoms with Gasteiger partial charge in [-0.3, -0.25) is 0 Å². The molecule has 57 valence electrons. The lowest BCUT2D eigenvalue weighted by Gasteiger charge is -2.19. The van der Waals surface area contributed by atoms with Crippen LogP contribution in [0.1, 0.15) is 13.8 Å². The van der Waals surface area contributed by atoms with Gasteiger partial charge in [-0.15, -0.1) is 34.0 Å². The zero-order valence-corrected chi connectivity index (χ0v) is 9.92. The normalized spacial score (nSPS) is 9.10. The Morgan fingerprint density at radius 3 is 2.40 bits per heavy atom. The Morgan fingerprint density at radius 1 is 1.60 bits per heavy atom. The maximum atomic E-state index is 5.13. The summed E-state index contributed by atoms with van der Waals surface area (Å²) in [5.41, 5.74) is 0. The van der Waals surface area contributed by atoms with Crippen LogP contribution in [-0.2, 0) is 0 Å². The van der Waals surface area contributed by atoms with Gasteiger partial charge in [0.05, 0.1) is 0 Å². The molecule has 0 aromatic rings. The fourth-order valence-corrected chi connectivity index (χ4v) is 2.72. The maximum absolute atomic E-state index is 5.13. The van der Waals surface area contributed by atoms with Gasteiger partial charge in [-0.25, -0.2) is 0 Å². The molecule has 0 heterocycles. The number of halogens is 1. The molecule has 0 rings (SSSR count). The number of nitrogens with zero attached hydrogens (tertiary/aromatic N) is 1. The molecule has 1 nitrogen and oxygen atoms in total. The average Bonchev–Trinajstić information content (AvgIpc) is 1.91. The van der Waals surface area contributed by atoms with Crippen LogP contribution in [0.2, 0.25) is 0 Å². The summed E-state index contributed by atoms with van der Waals surface area (Å²) >= 11 is 8.93. The molecule has 0 amide bonds. The van der Waals surface area contributed by atoms with E-state index in [1.54, 1.807) is 11.6 Å². The standard InChI is InChI=1S/C5H10BINS2/c1-3-8(4-2)5(9)10-6-7/h3-4H2,1-2H3. The van der Waals surface area contributed by atoms with Crippen molar-refractivity contribution in [3.8, 4) is 0 Å². The molecular weight excluding hydrogens is 276 g/mol. The average molecular weight is 286 g/mol. The molecule has 0 saturated carbocycles. The molecule has 0 aliphatic heterocycles. The van der Waals surface area contributed by atoms with Gasteiger partial charge in [0.1, 0.15) is 4.32 Å². The van der Waals surface area contributed by atoms with Gasteiger partial charge in [-0.2, -0.15) is 0 Å². The van der Waals surface area contributed by atoms with E-state index >= 15 is 0 Å². The molecule has 1 radical (unpaired) electrons. The Kier molecular flexibility index (Phi) is 7.42. The zero-order valence-electron chi connectivity index (χ0n) is 6.13. The third kappa shape index (κ3) is 4.03. The summed E-state index contributed by atoms with van der Waals surface area (Å²) in [6.07, 6.45) is 0. The summed E-state index contributed by atoms with van der Waals surface area (Å²) in [5, 5.41) is 0. The second-order valence-corrected chi connectivity index (χ2v) is 4.62. The first kappa shape index (κ1) is 11.0. The number of hydrogen-bond acceptors (Lipinski definition) is 2. The SMILES string of the molecule is CCN(CC)C(=S)S[B]I. The zero-order chi connectivity index (χ0) is 7.98. The summed E-state index contributed by atoms with van der Waals surface area (Å²) in [7, 11) is 0. The van der Waals surface area contributed by atoms with Crippen molar-refractivity contribution in [3.63, 3.8) is 0 Å². The van der Waals surface area contributed by atoms with Crippen molar-refractivity contribution in [2.75, 3.05) is 13.1 Å². The fraction of sp³-hybridized carbons (Fsp3) is 0.800. The van der Waals surface area contributed by atoms with Gasteiger partial charge in [0, 0.05) is 13.1 Å². The lowest BCUT2D eigenvalue weighted by Crippen LogP contribution is -2.26. The van der Waals surface area contributed by atoms with E-state index in [4.69, 9.17) is 12.2 Å². The summed E-state index contributed by atoms with van der Waals surface area (Å²) < 4.78 is 2.96. The van der Waals surface area contributed by atoms with E-state index in [9.17, 15) is 0 Å². The van der Waals surface area contributed by atoms with Crippen LogP contribution in [0.3, 0.4) is 0 Å². The minimum absolute atomic E-state index is 0.972. The highest BCUT2D eigenvalue weighted by Crippen LogP contribution is 2.09. The lowest BCUT2D eigenvalue weighted by atomic mass is 10.6. The molecule has 0 spiro atoms. The highest BCUT2D eigenvalue weighted by molar-refractivity contribution is 14.1. The maximum Gasteiger partial charge on any atom is 0.285 e. The highest BCUT2D eigenvalue weighted by atomic mass is 127. The van der Waals surface area contributed by atoms with Gasteiger partial charge in [-0.1, -0.05) is 12.2 Å². The van der Waals surface area contributed by atoms with Crippen LogP contribution in [0.4, 0.5) is 0 Å². The van der Waals surface area contributed by atoms with Crippen LogP contribution in [0.5, 0.6) is 0 Å². The molecule has 0 aromatic carbocycles. The first-order valence-corrected chi connectivity index (χ1v) is 5.67. The van der Waals surface area contributed by atoms with E-state index in [-0.39, 0.29) is 0 Å². The van der Waals surface area contributed by atoms with Crippen LogP contribution in [0.15, 0.2) is 0 Å². The molecule has 0 fully saturated rings. The Labute approximate surface area is 86.3 Å². The summed E-state index contributed by atoms with van der Waals surface area (Å²) in [6.45, 7) is 6.24. The predicted octanol–water partition coefficient (Wildman–Crippen LogP) is 2.32. The smallest absolute Gasteiger partial charge is 0.285 e. The van der Waals surface area contributed by atoms with Crippen molar-refractivity contribution in [1.82, 2.24) is 4.90 Å². The second kappa shape index (κ2) is 6.73. The first-order chi connectivity index (χ1) is 4.76. The molecule has 0 aliphatic carbocycles. The first-order valence-electron chi connectivity index (χ1n) is 3.13. The predicted molar refractivity (Wildman–Crippen MR) is 62.9 cm³/mol. The van der Waals surface area contributed by atoms with Crippen LogP contribution < -0.4 is 0 Å². The van der Waals surface area contributed by atoms with Crippen molar-refractivity contribution in [1.29, 1.82) is 0 Å². The van der Waals surface area contributed by atoms with E-state index < -0.39 is 0 Å². The Hall–Kier alpha value is 1.03. The van der Waals surface area contributed by atoms with Gasteiger partial charge in [0.25, 0.3) is 4.41 Å². The number of hydrogen-bond donors (Lipinski definition) is 0. The van der Waals surface area contributed by atoms with E-state index in [1.807, 2.05) is 4.41 Å². The highest BCUT2D eigenvalue weighted by Gasteiger charge is 2.03. The molecule has 0 aliphatic rings. The Balaban J connectivity index is 3.65. The molecule has 0 atom stereocenters. The van der Waals surface area contributed by atoms with Crippen molar-refractivity contribution >= 4 is 54.9 Å². The van der Waals surface area contributed by atoms with Gasteiger partial charge in [0.2, 0.25) is 0 Å². The van der Waals surface area contributed by atoms with Crippen LogP contribution in [0.25, 0.3) is 0 Å². The molecule has 0 unspecified atom stereocenters. The molecule has 0 bridgehead atoms. The quantitative estimate of drug-likeness (QED) is 0.445. The number of thiocarbonyl (C=S) groups is 1. The van der Waals surface area contributed by atoms with E-state index in [0.29, 0.717) is 0 Å². The molecule has 0 aromatic heterocycles. The molecular formula is C5H10BINS2. The van der Waals surface area contributed by atoms with Gasteiger partial charge >= 0.3 is 0 Å². The molecule has 5 heteroatoms. The van der Waals surface area contributed by atoms with E-state index in [0.717, 1.165) is 17.4 Å². The second-order valence-electron chi connectivity index (χ2n) is 1.65. The molecule has 10 heavy (non-hydrogen) atoms. The topological polar surface area (TPSA) is 3.24 Å². The van der Waals surface area contributed by atoms with E-state index in [1.165, 1.54) is 0 Å².